The average Bonchev–Trinajstić information content (AvgIpc) is 3.15. The van der Waals surface area contributed by atoms with Crippen molar-refractivity contribution in [2.75, 3.05) is 5.75 Å². The standard InChI is InChI=1S/C14H12N4OS2/c1-9(19)8-20-14-16-12(17-18-14)11-7-15-13(21-11)10-5-3-2-4-6-10/h2-7,19H,1,8H2,(H,16,17,18). The van der Waals surface area contributed by atoms with Gasteiger partial charge in [-0.05, 0) is 0 Å². The highest BCUT2D eigenvalue weighted by molar-refractivity contribution is 7.99. The number of aromatic nitrogens is 4. The van der Waals surface area contributed by atoms with Gasteiger partial charge in [-0.15, -0.1) is 16.4 Å². The number of nitrogens with one attached hydrogen (secondary N) is 1. The van der Waals surface area contributed by atoms with E-state index in [4.69, 9.17) is 5.11 Å². The van der Waals surface area contributed by atoms with Gasteiger partial charge in [0, 0.05) is 11.8 Å². The molecule has 106 valence electrons. The third kappa shape index (κ3) is 3.32. The molecule has 0 saturated carbocycles. The minimum Gasteiger partial charge on any atom is -0.512 e. The monoisotopic (exact) mass is 316 g/mol. The van der Waals surface area contributed by atoms with Crippen LogP contribution in [0.4, 0.5) is 0 Å². The van der Waals surface area contributed by atoms with E-state index in [9.17, 15) is 0 Å². The van der Waals surface area contributed by atoms with E-state index in [1.165, 1.54) is 11.8 Å². The lowest BCUT2D eigenvalue weighted by Crippen LogP contribution is -1.83. The Kier molecular flexibility index (Phi) is 4.03. The molecule has 2 heterocycles. The number of thioether (sulfide) groups is 1. The molecule has 0 saturated heterocycles. The molecule has 0 bridgehead atoms. The maximum absolute atomic E-state index is 9.08. The molecular weight excluding hydrogens is 304 g/mol. The van der Waals surface area contributed by atoms with Crippen LogP contribution in [0.5, 0.6) is 0 Å². The van der Waals surface area contributed by atoms with Crippen LogP contribution in [0.2, 0.25) is 0 Å². The summed E-state index contributed by atoms with van der Waals surface area (Å²) < 4.78 is 0. The van der Waals surface area contributed by atoms with Crippen LogP contribution in [0.3, 0.4) is 0 Å². The number of H-pyrrole nitrogens is 1. The van der Waals surface area contributed by atoms with Gasteiger partial charge in [0.2, 0.25) is 5.16 Å². The summed E-state index contributed by atoms with van der Waals surface area (Å²) in [5, 5.41) is 17.6. The molecule has 0 radical (unpaired) electrons. The van der Waals surface area contributed by atoms with Gasteiger partial charge in [-0.2, -0.15) is 0 Å². The Bertz CT molecular complexity index is 751. The number of hydrogen-bond acceptors (Lipinski definition) is 6. The van der Waals surface area contributed by atoms with Gasteiger partial charge in [0.15, 0.2) is 5.82 Å². The zero-order chi connectivity index (χ0) is 14.7. The second kappa shape index (κ2) is 6.11. The summed E-state index contributed by atoms with van der Waals surface area (Å²) in [7, 11) is 0. The molecule has 0 atom stereocenters. The van der Waals surface area contributed by atoms with E-state index in [1.807, 2.05) is 30.3 Å². The fourth-order valence-corrected chi connectivity index (χ4v) is 3.09. The minimum atomic E-state index is 0.107. The zero-order valence-corrected chi connectivity index (χ0v) is 12.6. The first-order valence-corrected chi connectivity index (χ1v) is 7.96. The first-order valence-electron chi connectivity index (χ1n) is 6.16. The van der Waals surface area contributed by atoms with Crippen molar-refractivity contribution in [3.63, 3.8) is 0 Å². The Balaban J connectivity index is 1.79. The van der Waals surface area contributed by atoms with Crippen molar-refractivity contribution in [2.24, 2.45) is 0 Å². The van der Waals surface area contributed by atoms with Crippen molar-refractivity contribution in [3.05, 3.63) is 48.9 Å². The highest BCUT2D eigenvalue weighted by Gasteiger charge is 2.11. The molecule has 0 aliphatic rings. The number of thiazole rings is 1. The highest BCUT2D eigenvalue weighted by Crippen LogP contribution is 2.30. The van der Waals surface area contributed by atoms with Crippen molar-refractivity contribution >= 4 is 23.1 Å². The topological polar surface area (TPSA) is 74.7 Å². The van der Waals surface area contributed by atoms with Gasteiger partial charge in [-0.1, -0.05) is 48.7 Å². The molecule has 21 heavy (non-hydrogen) atoms. The molecule has 1 aromatic carbocycles. The van der Waals surface area contributed by atoms with E-state index in [1.54, 1.807) is 17.5 Å². The Morgan fingerprint density at radius 2 is 2.14 bits per heavy atom. The molecule has 5 nitrogen and oxygen atoms in total. The van der Waals surface area contributed by atoms with Gasteiger partial charge in [0.25, 0.3) is 0 Å². The summed E-state index contributed by atoms with van der Waals surface area (Å²) in [5.41, 5.74) is 1.08. The fourth-order valence-electron chi connectivity index (χ4n) is 1.67. The predicted molar refractivity (Wildman–Crippen MR) is 85.4 cm³/mol. The molecule has 3 aromatic rings. The molecule has 0 unspecified atom stereocenters. The second-order valence-electron chi connectivity index (χ2n) is 4.22. The molecule has 3 rings (SSSR count). The predicted octanol–water partition coefficient (Wildman–Crippen LogP) is 3.76. The summed E-state index contributed by atoms with van der Waals surface area (Å²) in [4.78, 5) is 9.72. The molecule has 0 aliphatic carbocycles. The van der Waals surface area contributed by atoms with Gasteiger partial charge in [-0.25, -0.2) is 9.97 Å². The van der Waals surface area contributed by atoms with Crippen LogP contribution in [0.1, 0.15) is 0 Å². The Morgan fingerprint density at radius 1 is 1.33 bits per heavy atom. The summed E-state index contributed by atoms with van der Waals surface area (Å²) in [5.74, 6) is 1.17. The van der Waals surface area contributed by atoms with E-state index < -0.39 is 0 Å². The van der Waals surface area contributed by atoms with Crippen LogP contribution in [0, 0.1) is 0 Å². The van der Waals surface area contributed by atoms with Crippen LogP contribution in [0.25, 0.3) is 21.3 Å². The molecule has 0 spiro atoms. The molecule has 0 fully saturated rings. The van der Waals surface area contributed by atoms with Gasteiger partial charge in [0.05, 0.1) is 16.4 Å². The van der Waals surface area contributed by atoms with Crippen LogP contribution in [-0.4, -0.2) is 31.0 Å². The Hall–Kier alpha value is -2.12. The number of nitrogens with zero attached hydrogens (tertiary/aromatic N) is 3. The fraction of sp³-hybridized carbons (Fsp3) is 0.0714. The van der Waals surface area contributed by atoms with Crippen LogP contribution >= 0.6 is 23.1 Å². The minimum absolute atomic E-state index is 0.107. The number of rotatable bonds is 5. The lowest BCUT2D eigenvalue weighted by molar-refractivity contribution is 0.420. The SMILES string of the molecule is C=C(O)CSc1n[nH]c(-c2cnc(-c3ccccc3)s2)n1. The van der Waals surface area contributed by atoms with Crippen molar-refractivity contribution < 1.29 is 5.11 Å². The Morgan fingerprint density at radius 3 is 2.90 bits per heavy atom. The van der Waals surface area contributed by atoms with Gasteiger partial charge < -0.3 is 5.11 Å². The zero-order valence-electron chi connectivity index (χ0n) is 11.0. The quantitative estimate of drug-likeness (QED) is 0.554. The van der Waals surface area contributed by atoms with Crippen LogP contribution in [-0.2, 0) is 0 Å². The first kappa shape index (κ1) is 13.8. The molecular formula is C14H12N4OS2. The summed E-state index contributed by atoms with van der Waals surface area (Å²) in [6.07, 6.45) is 1.78. The van der Waals surface area contributed by atoms with Gasteiger partial charge in [0.1, 0.15) is 5.01 Å². The largest absolute Gasteiger partial charge is 0.512 e. The third-order valence-electron chi connectivity index (χ3n) is 2.59. The summed E-state index contributed by atoms with van der Waals surface area (Å²) >= 11 is 2.88. The summed E-state index contributed by atoms with van der Waals surface area (Å²) in [6.45, 7) is 3.43. The van der Waals surface area contributed by atoms with Crippen LogP contribution < -0.4 is 0 Å². The lowest BCUT2D eigenvalue weighted by Gasteiger charge is -1.93. The summed E-state index contributed by atoms with van der Waals surface area (Å²) in [6, 6.07) is 10.0. The van der Waals surface area contributed by atoms with Crippen molar-refractivity contribution in [1.82, 2.24) is 20.2 Å². The number of aromatic amines is 1. The van der Waals surface area contributed by atoms with Crippen molar-refractivity contribution in [1.29, 1.82) is 0 Å². The maximum Gasteiger partial charge on any atom is 0.209 e. The maximum atomic E-state index is 9.08. The van der Waals surface area contributed by atoms with Crippen molar-refractivity contribution in [3.8, 4) is 21.3 Å². The van der Waals surface area contributed by atoms with Crippen molar-refractivity contribution in [2.45, 2.75) is 5.16 Å². The Labute approximate surface area is 129 Å². The van der Waals surface area contributed by atoms with E-state index in [2.05, 4.69) is 26.7 Å². The number of aliphatic hydroxyl groups is 1. The van der Waals surface area contributed by atoms with E-state index >= 15 is 0 Å². The normalized spacial score (nSPS) is 10.7. The molecule has 2 N–H and O–H groups in total. The number of benzene rings is 1. The lowest BCUT2D eigenvalue weighted by atomic mass is 10.2. The third-order valence-corrected chi connectivity index (χ3v) is 4.56. The molecule has 0 amide bonds. The van der Waals surface area contributed by atoms with E-state index in [0.717, 1.165) is 15.4 Å². The molecule has 7 heteroatoms. The smallest absolute Gasteiger partial charge is 0.209 e. The van der Waals surface area contributed by atoms with Gasteiger partial charge >= 0.3 is 0 Å². The van der Waals surface area contributed by atoms with Gasteiger partial charge in [-0.3, -0.25) is 5.10 Å². The van der Waals surface area contributed by atoms with E-state index in [-0.39, 0.29) is 5.76 Å². The van der Waals surface area contributed by atoms with Crippen LogP contribution in [0.15, 0.2) is 54.0 Å². The molecule has 0 aliphatic heterocycles. The number of hydrogen-bond donors (Lipinski definition) is 2. The van der Waals surface area contributed by atoms with E-state index in [0.29, 0.717) is 16.7 Å². The first-order chi connectivity index (χ1) is 10.2. The number of aliphatic hydroxyl groups excluding tert-OH is 1. The average molecular weight is 316 g/mol. The molecule has 2 aromatic heterocycles. The highest BCUT2D eigenvalue weighted by atomic mass is 32.2. The second-order valence-corrected chi connectivity index (χ2v) is 6.19.